The summed E-state index contributed by atoms with van der Waals surface area (Å²) in [4.78, 5) is 14.5. The number of hydrogen-bond acceptors (Lipinski definition) is 2. The van der Waals surface area contributed by atoms with Gasteiger partial charge in [0.25, 0.3) is 0 Å². The van der Waals surface area contributed by atoms with Gasteiger partial charge in [0.1, 0.15) is 0 Å². The van der Waals surface area contributed by atoms with Crippen LogP contribution >= 0.6 is 0 Å². The molecule has 3 heteroatoms. The third-order valence-corrected chi connectivity index (χ3v) is 4.20. The van der Waals surface area contributed by atoms with E-state index in [1.54, 1.807) is 0 Å². The molecule has 0 bridgehead atoms. The highest BCUT2D eigenvalue weighted by atomic mass is 16.2. The highest BCUT2D eigenvalue weighted by Gasteiger charge is 2.35. The Balaban J connectivity index is 2.06. The molecule has 0 aromatic heterocycles. The van der Waals surface area contributed by atoms with Gasteiger partial charge in [0.2, 0.25) is 5.91 Å². The summed E-state index contributed by atoms with van der Waals surface area (Å²) in [7, 11) is 1.89. The Morgan fingerprint density at radius 3 is 2.74 bits per heavy atom. The summed E-state index contributed by atoms with van der Waals surface area (Å²) in [6.07, 6.45) is 1.07. The zero-order valence-corrected chi connectivity index (χ0v) is 12.1. The summed E-state index contributed by atoms with van der Waals surface area (Å²) < 4.78 is 0. The van der Waals surface area contributed by atoms with E-state index >= 15 is 0 Å². The van der Waals surface area contributed by atoms with Gasteiger partial charge in [-0.2, -0.15) is 0 Å². The van der Waals surface area contributed by atoms with Crippen LogP contribution in [-0.2, 0) is 4.79 Å². The van der Waals surface area contributed by atoms with Gasteiger partial charge in [-0.15, -0.1) is 0 Å². The maximum absolute atomic E-state index is 12.4. The maximum Gasteiger partial charge on any atom is 0.226 e. The van der Waals surface area contributed by atoms with Gasteiger partial charge >= 0.3 is 0 Å². The second-order valence-electron chi connectivity index (χ2n) is 5.54. The molecule has 0 radical (unpaired) electrons. The van der Waals surface area contributed by atoms with E-state index in [9.17, 15) is 4.79 Å². The number of carbonyl (C=O) groups is 1. The first-order chi connectivity index (χ1) is 9.15. The van der Waals surface area contributed by atoms with Gasteiger partial charge in [-0.3, -0.25) is 4.79 Å². The molecule has 0 saturated carbocycles. The lowest BCUT2D eigenvalue weighted by molar-refractivity contribution is -0.135. The summed E-state index contributed by atoms with van der Waals surface area (Å²) in [5.41, 5.74) is 1.35. The average molecular weight is 260 g/mol. The lowest BCUT2D eigenvalue weighted by atomic mass is 9.92. The topological polar surface area (TPSA) is 32.3 Å². The molecule has 3 nitrogen and oxygen atoms in total. The van der Waals surface area contributed by atoms with E-state index < -0.39 is 0 Å². The summed E-state index contributed by atoms with van der Waals surface area (Å²) in [6.45, 7) is 5.81. The molecule has 1 saturated heterocycles. The van der Waals surface area contributed by atoms with Crippen LogP contribution in [0.4, 0.5) is 0 Å². The zero-order valence-electron chi connectivity index (χ0n) is 12.1. The van der Waals surface area contributed by atoms with E-state index in [2.05, 4.69) is 41.4 Å². The van der Waals surface area contributed by atoms with Gasteiger partial charge < -0.3 is 10.2 Å². The van der Waals surface area contributed by atoms with Gasteiger partial charge in [-0.05, 0) is 26.0 Å². The normalized spacial score (nSPS) is 24.5. The summed E-state index contributed by atoms with van der Waals surface area (Å²) in [5.74, 6) is 0.814. The van der Waals surface area contributed by atoms with Crippen molar-refractivity contribution >= 4 is 5.91 Å². The lowest BCUT2D eigenvalue weighted by Gasteiger charge is -2.27. The van der Waals surface area contributed by atoms with Crippen molar-refractivity contribution in [2.24, 2.45) is 5.92 Å². The van der Waals surface area contributed by atoms with Gasteiger partial charge in [-0.1, -0.05) is 37.3 Å². The third kappa shape index (κ3) is 2.98. The first-order valence-corrected chi connectivity index (χ1v) is 7.15. The molecule has 1 aromatic rings. The predicted octanol–water partition coefficient (Wildman–Crippen LogP) is 2.25. The van der Waals surface area contributed by atoms with Crippen LogP contribution < -0.4 is 5.32 Å². The summed E-state index contributed by atoms with van der Waals surface area (Å²) in [5, 5.41) is 3.08. The average Bonchev–Trinajstić information content (AvgIpc) is 2.81. The number of hydrogen-bond donors (Lipinski definition) is 1. The van der Waals surface area contributed by atoms with Gasteiger partial charge in [0.15, 0.2) is 0 Å². The van der Waals surface area contributed by atoms with E-state index in [1.165, 1.54) is 5.56 Å². The number of nitrogens with zero attached hydrogens (tertiary/aromatic N) is 1. The second-order valence-corrected chi connectivity index (χ2v) is 5.54. The molecule has 1 amide bonds. The third-order valence-electron chi connectivity index (χ3n) is 4.20. The van der Waals surface area contributed by atoms with E-state index in [1.807, 2.05) is 20.0 Å². The van der Waals surface area contributed by atoms with Crippen LogP contribution in [0.25, 0.3) is 0 Å². The van der Waals surface area contributed by atoms with Crippen molar-refractivity contribution in [2.75, 3.05) is 20.1 Å². The van der Waals surface area contributed by atoms with E-state index in [0.717, 1.165) is 19.5 Å². The first-order valence-electron chi connectivity index (χ1n) is 7.15. The molecule has 3 unspecified atom stereocenters. The van der Waals surface area contributed by atoms with Gasteiger partial charge in [0.05, 0.1) is 0 Å². The minimum Gasteiger partial charge on any atom is -0.339 e. The van der Waals surface area contributed by atoms with E-state index in [-0.39, 0.29) is 11.8 Å². The molecule has 1 aliphatic heterocycles. The van der Waals surface area contributed by atoms with Crippen LogP contribution in [0, 0.1) is 5.92 Å². The molecule has 0 aliphatic carbocycles. The molecule has 1 fully saturated rings. The molecule has 3 atom stereocenters. The molecule has 1 heterocycles. The van der Waals surface area contributed by atoms with Crippen LogP contribution in [0.15, 0.2) is 30.3 Å². The van der Waals surface area contributed by atoms with E-state index in [4.69, 9.17) is 0 Å². The fourth-order valence-corrected chi connectivity index (χ4v) is 3.07. The molecular weight excluding hydrogens is 236 g/mol. The van der Waals surface area contributed by atoms with Gasteiger partial charge in [-0.25, -0.2) is 0 Å². The molecule has 2 rings (SSSR count). The van der Waals surface area contributed by atoms with Crippen molar-refractivity contribution in [1.29, 1.82) is 0 Å². The zero-order chi connectivity index (χ0) is 13.8. The quantitative estimate of drug-likeness (QED) is 0.900. The molecule has 104 valence electrons. The Morgan fingerprint density at radius 1 is 1.42 bits per heavy atom. The largest absolute Gasteiger partial charge is 0.339 e. The standard InChI is InChI=1S/C16H24N2O/c1-12(11-17-3)16(19)18-10-9-15(13(18)2)14-7-5-4-6-8-14/h4-8,12-13,15,17H,9-11H2,1-3H3. The van der Waals surface area contributed by atoms with Crippen LogP contribution in [-0.4, -0.2) is 37.0 Å². The maximum atomic E-state index is 12.4. The van der Waals surface area contributed by atoms with Gasteiger partial charge in [0, 0.05) is 31.0 Å². The summed E-state index contributed by atoms with van der Waals surface area (Å²) >= 11 is 0. The van der Waals surface area contributed by atoms with Crippen molar-refractivity contribution in [1.82, 2.24) is 10.2 Å². The Kier molecular flexibility index (Phi) is 4.59. The molecule has 1 N–H and O–H groups in total. The molecule has 1 aliphatic rings. The van der Waals surface area contributed by atoms with Crippen LogP contribution in [0.1, 0.15) is 31.7 Å². The Hall–Kier alpha value is -1.35. The number of carbonyl (C=O) groups excluding carboxylic acids is 1. The van der Waals surface area contributed by atoms with Crippen molar-refractivity contribution in [3.63, 3.8) is 0 Å². The Bertz CT molecular complexity index is 418. The lowest BCUT2D eigenvalue weighted by Crippen LogP contribution is -2.41. The Labute approximate surface area is 116 Å². The highest BCUT2D eigenvalue weighted by molar-refractivity contribution is 5.79. The minimum absolute atomic E-state index is 0.0574. The van der Waals surface area contributed by atoms with Crippen LogP contribution in [0.5, 0.6) is 0 Å². The van der Waals surface area contributed by atoms with Crippen LogP contribution in [0.2, 0.25) is 0 Å². The number of amides is 1. The summed E-state index contributed by atoms with van der Waals surface area (Å²) in [6, 6.07) is 10.8. The predicted molar refractivity (Wildman–Crippen MR) is 78.1 cm³/mol. The fourth-order valence-electron chi connectivity index (χ4n) is 3.07. The van der Waals surface area contributed by atoms with Crippen molar-refractivity contribution in [3.8, 4) is 0 Å². The SMILES string of the molecule is CNCC(C)C(=O)N1CCC(c2ccccc2)C1C. The van der Waals surface area contributed by atoms with E-state index in [0.29, 0.717) is 12.0 Å². The van der Waals surface area contributed by atoms with Crippen molar-refractivity contribution < 1.29 is 4.79 Å². The number of rotatable bonds is 4. The first kappa shape index (κ1) is 14.1. The molecular formula is C16H24N2O. The van der Waals surface area contributed by atoms with Crippen LogP contribution in [0.3, 0.4) is 0 Å². The van der Waals surface area contributed by atoms with Crippen molar-refractivity contribution in [2.45, 2.75) is 32.2 Å². The monoisotopic (exact) mass is 260 g/mol. The molecule has 0 spiro atoms. The highest BCUT2D eigenvalue weighted by Crippen LogP contribution is 2.33. The Morgan fingerprint density at radius 2 is 2.11 bits per heavy atom. The molecule has 19 heavy (non-hydrogen) atoms. The smallest absolute Gasteiger partial charge is 0.226 e. The van der Waals surface area contributed by atoms with Crippen molar-refractivity contribution in [3.05, 3.63) is 35.9 Å². The second kappa shape index (κ2) is 6.20. The fraction of sp³-hybridized carbons (Fsp3) is 0.562. The number of likely N-dealkylation sites (tertiary alicyclic amines) is 1. The number of benzene rings is 1. The molecule has 1 aromatic carbocycles. The number of nitrogens with one attached hydrogen (secondary N) is 1. The minimum atomic E-state index is 0.0574.